The third-order valence-corrected chi connectivity index (χ3v) is 4.40. The topological polar surface area (TPSA) is 129 Å². The predicted octanol–water partition coefficient (Wildman–Crippen LogP) is 0.962. The molecule has 24 heavy (non-hydrogen) atoms. The van der Waals surface area contributed by atoms with Crippen LogP contribution in [0.15, 0.2) is 34.0 Å². The first kappa shape index (κ1) is 17.5. The number of sulfone groups is 1. The van der Waals surface area contributed by atoms with Crippen molar-refractivity contribution in [2.45, 2.75) is 11.8 Å². The summed E-state index contributed by atoms with van der Waals surface area (Å²) in [7, 11) is -2.85. The van der Waals surface area contributed by atoms with Gasteiger partial charge in [0, 0.05) is 19.4 Å². The number of carbonyl (C=O) groups excluding carboxylic acids is 1. The summed E-state index contributed by atoms with van der Waals surface area (Å²) in [5.41, 5.74) is -2.05. The molecular formula is C14H13N3O6S. The van der Waals surface area contributed by atoms with Gasteiger partial charge in [-0.3, -0.25) is 19.7 Å². The number of nitrogens with zero attached hydrogens (tertiary/aromatic N) is 3. The van der Waals surface area contributed by atoms with Crippen molar-refractivity contribution in [3.8, 4) is 11.3 Å². The molecule has 1 heterocycles. The van der Waals surface area contributed by atoms with E-state index in [-0.39, 0.29) is 16.9 Å². The van der Waals surface area contributed by atoms with Gasteiger partial charge in [0.1, 0.15) is 10.6 Å². The van der Waals surface area contributed by atoms with Gasteiger partial charge in [0.2, 0.25) is 0 Å². The van der Waals surface area contributed by atoms with Crippen LogP contribution < -0.4 is 5.56 Å². The Hall–Kier alpha value is -2.88. The molecule has 0 bridgehead atoms. The highest BCUT2D eigenvalue weighted by Crippen LogP contribution is 2.32. The van der Waals surface area contributed by atoms with Gasteiger partial charge in [0.15, 0.2) is 15.6 Å². The number of ketones is 1. The van der Waals surface area contributed by atoms with Crippen molar-refractivity contribution in [2.24, 2.45) is 7.05 Å². The first-order valence-corrected chi connectivity index (χ1v) is 8.51. The molecule has 0 saturated carbocycles. The molecule has 0 amide bonds. The van der Waals surface area contributed by atoms with E-state index in [9.17, 15) is 28.1 Å². The van der Waals surface area contributed by atoms with Crippen LogP contribution in [0, 0.1) is 10.1 Å². The molecule has 1 aromatic carbocycles. The molecule has 0 atom stereocenters. The third kappa shape index (κ3) is 2.95. The van der Waals surface area contributed by atoms with Crippen LogP contribution in [0.1, 0.15) is 17.3 Å². The van der Waals surface area contributed by atoms with Crippen molar-refractivity contribution in [3.63, 3.8) is 0 Å². The van der Waals surface area contributed by atoms with Crippen molar-refractivity contribution in [3.05, 3.63) is 50.3 Å². The minimum absolute atomic E-state index is 0.0480. The van der Waals surface area contributed by atoms with Gasteiger partial charge in [-0.15, -0.1) is 0 Å². The second kappa shape index (κ2) is 5.96. The smallest absolute Gasteiger partial charge is 0.286 e. The molecule has 2 rings (SSSR count). The molecule has 1 aromatic heterocycles. The molecule has 0 saturated heterocycles. The van der Waals surface area contributed by atoms with E-state index >= 15 is 0 Å². The Morgan fingerprint density at radius 3 is 2.38 bits per heavy atom. The van der Waals surface area contributed by atoms with Crippen LogP contribution in [0.3, 0.4) is 0 Å². The van der Waals surface area contributed by atoms with Crippen molar-refractivity contribution in [1.29, 1.82) is 0 Å². The van der Waals surface area contributed by atoms with E-state index < -0.39 is 36.6 Å². The maximum absolute atomic E-state index is 12.2. The average molecular weight is 351 g/mol. The summed E-state index contributed by atoms with van der Waals surface area (Å²) in [6.45, 7) is 1.07. The Kier molecular flexibility index (Phi) is 4.34. The van der Waals surface area contributed by atoms with Crippen molar-refractivity contribution >= 4 is 21.3 Å². The lowest BCUT2D eigenvalue weighted by molar-refractivity contribution is -0.384. The highest BCUT2D eigenvalue weighted by molar-refractivity contribution is 7.90. The number of aryl methyl sites for hydroxylation is 1. The van der Waals surface area contributed by atoms with Crippen LogP contribution in [-0.4, -0.2) is 35.2 Å². The number of benzene rings is 1. The molecule has 2 aromatic rings. The van der Waals surface area contributed by atoms with Crippen LogP contribution in [0.25, 0.3) is 11.3 Å². The number of nitro benzene ring substituents is 1. The summed E-state index contributed by atoms with van der Waals surface area (Å²) in [4.78, 5) is 34.0. The lowest BCUT2D eigenvalue weighted by atomic mass is 10.0. The minimum atomic E-state index is -4.06. The largest absolute Gasteiger partial charge is 0.294 e. The zero-order valence-electron chi connectivity index (χ0n) is 13.0. The van der Waals surface area contributed by atoms with Gasteiger partial charge in [-0.2, -0.15) is 5.10 Å². The summed E-state index contributed by atoms with van der Waals surface area (Å²) < 4.78 is 24.8. The first-order chi connectivity index (χ1) is 11.1. The zero-order chi connectivity index (χ0) is 18.2. The van der Waals surface area contributed by atoms with E-state index in [1.165, 1.54) is 31.3 Å². The van der Waals surface area contributed by atoms with Gasteiger partial charge >= 0.3 is 0 Å². The fourth-order valence-electron chi connectivity index (χ4n) is 2.30. The Morgan fingerprint density at radius 1 is 1.29 bits per heavy atom. The predicted molar refractivity (Wildman–Crippen MR) is 84.7 cm³/mol. The van der Waals surface area contributed by atoms with Crippen LogP contribution in [0.2, 0.25) is 0 Å². The lowest BCUT2D eigenvalue weighted by Gasteiger charge is -2.12. The second-order valence-corrected chi connectivity index (χ2v) is 7.04. The van der Waals surface area contributed by atoms with Crippen molar-refractivity contribution < 1.29 is 18.1 Å². The number of Topliss-reactive ketones (excluding diaryl/α,β-unsaturated/α-hetero) is 1. The summed E-state index contributed by atoms with van der Waals surface area (Å²) in [5, 5.41) is 15.1. The van der Waals surface area contributed by atoms with Gasteiger partial charge in [-0.05, 0) is 13.0 Å². The van der Waals surface area contributed by atoms with E-state index in [0.717, 1.165) is 17.9 Å². The van der Waals surface area contributed by atoms with Crippen LogP contribution in [-0.2, 0) is 16.9 Å². The molecule has 0 spiro atoms. The fourth-order valence-corrected chi connectivity index (χ4v) is 3.36. The molecule has 0 radical (unpaired) electrons. The number of rotatable bonds is 4. The Labute approximate surface area is 136 Å². The fraction of sp³-hybridized carbons (Fsp3) is 0.214. The molecule has 0 aliphatic rings. The Bertz CT molecular complexity index is 1020. The maximum atomic E-state index is 12.2. The molecule has 0 aliphatic carbocycles. The summed E-state index contributed by atoms with van der Waals surface area (Å²) >= 11 is 0. The minimum Gasteiger partial charge on any atom is -0.294 e. The molecule has 0 aliphatic heterocycles. The first-order valence-electron chi connectivity index (χ1n) is 6.61. The molecule has 0 fully saturated rings. The molecule has 9 nitrogen and oxygen atoms in total. The number of hydrogen-bond acceptors (Lipinski definition) is 7. The SMILES string of the molecule is CC(=O)c1c(-c2ccccc2[N+](=O)[O-])nn(C)c(=O)c1S(C)(=O)=O. The quantitative estimate of drug-likeness (QED) is 0.455. The monoisotopic (exact) mass is 351 g/mol. The van der Waals surface area contributed by atoms with E-state index in [4.69, 9.17) is 0 Å². The van der Waals surface area contributed by atoms with Gasteiger partial charge in [0.05, 0.1) is 16.1 Å². The highest BCUT2D eigenvalue weighted by atomic mass is 32.2. The average Bonchev–Trinajstić information content (AvgIpc) is 2.47. The van der Waals surface area contributed by atoms with E-state index in [1.807, 2.05) is 0 Å². The molecule has 126 valence electrons. The Morgan fingerprint density at radius 2 is 1.88 bits per heavy atom. The molecular weight excluding hydrogens is 338 g/mol. The Balaban J connectivity index is 3.08. The number of carbonyl (C=O) groups is 1. The molecule has 0 unspecified atom stereocenters. The lowest BCUT2D eigenvalue weighted by Crippen LogP contribution is -2.30. The molecule has 10 heteroatoms. The van der Waals surface area contributed by atoms with E-state index in [1.54, 1.807) is 0 Å². The highest BCUT2D eigenvalue weighted by Gasteiger charge is 2.30. The number of aromatic nitrogens is 2. The van der Waals surface area contributed by atoms with Gasteiger partial charge in [0.25, 0.3) is 11.2 Å². The van der Waals surface area contributed by atoms with Crippen molar-refractivity contribution in [2.75, 3.05) is 6.26 Å². The normalized spacial score (nSPS) is 11.3. The summed E-state index contributed by atoms with van der Waals surface area (Å²) in [6.07, 6.45) is 0.791. The van der Waals surface area contributed by atoms with Crippen LogP contribution >= 0.6 is 0 Å². The standard InChI is InChI=1S/C14H13N3O6S/c1-8(18)11-12(9-6-4-5-7-10(9)17(20)21)15-16(2)14(19)13(11)24(3,22)23/h4-7H,1-3H3. The second-order valence-electron chi connectivity index (χ2n) is 5.08. The van der Waals surface area contributed by atoms with Crippen LogP contribution in [0.5, 0.6) is 0 Å². The van der Waals surface area contributed by atoms with E-state index in [0.29, 0.717) is 0 Å². The summed E-state index contributed by atoms with van der Waals surface area (Å²) in [5.74, 6) is -0.728. The number of nitro groups is 1. The third-order valence-electron chi connectivity index (χ3n) is 3.28. The van der Waals surface area contributed by atoms with Gasteiger partial charge < -0.3 is 0 Å². The zero-order valence-corrected chi connectivity index (χ0v) is 13.8. The molecule has 0 N–H and O–H groups in total. The summed E-state index contributed by atoms with van der Waals surface area (Å²) in [6, 6.07) is 5.45. The maximum Gasteiger partial charge on any atom is 0.286 e. The number of para-hydroxylation sites is 1. The van der Waals surface area contributed by atoms with Gasteiger partial charge in [-0.25, -0.2) is 13.1 Å². The van der Waals surface area contributed by atoms with Crippen molar-refractivity contribution in [1.82, 2.24) is 9.78 Å². The van der Waals surface area contributed by atoms with E-state index in [2.05, 4.69) is 5.10 Å². The van der Waals surface area contributed by atoms with Crippen LogP contribution in [0.4, 0.5) is 5.69 Å². The number of hydrogen-bond donors (Lipinski definition) is 0. The van der Waals surface area contributed by atoms with Gasteiger partial charge in [-0.1, -0.05) is 12.1 Å².